The molecule has 3 aromatic rings. The molecule has 1 unspecified atom stereocenters. The van der Waals surface area contributed by atoms with Crippen molar-refractivity contribution in [3.8, 4) is 5.75 Å². The maximum atomic E-state index is 14.8. The van der Waals surface area contributed by atoms with Crippen LogP contribution in [0.15, 0.2) is 36.4 Å². The van der Waals surface area contributed by atoms with Gasteiger partial charge in [-0.2, -0.15) is 0 Å². The number of carboxylic acids is 1. The number of phenolic OH excluding ortho intramolecular Hbond substituents is 1. The van der Waals surface area contributed by atoms with Crippen LogP contribution in [-0.4, -0.2) is 39.1 Å². The van der Waals surface area contributed by atoms with Crippen LogP contribution in [0.4, 0.5) is 4.39 Å². The average Bonchev–Trinajstić information content (AvgIpc) is 3.00. The molecule has 0 aliphatic carbocycles. The number of rotatable bonds is 6. The lowest BCUT2D eigenvalue weighted by Gasteiger charge is -2.09. The van der Waals surface area contributed by atoms with E-state index in [-0.39, 0.29) is 35.0 Å². The lowest BCUT2D eigenvalue weighted by Crippen LogP contribution is -2.32. The van der Waals surface area contributed by atoms with E-state index in [2.05, 4.69) is 5.32 Å². The molecule has 2 aromatic carbocycles. The van der Waals surface area contributed by atoms with E-state index in [9.17, 15) is 23.9 Å². The van der Waals surface area contributed by atoms with Crippen molar-refractivity contribution in [1.29, 1.82) is 0 Å². The first kappa shape index (κ1) is 22.3. The fourth-order valence-corrected chi connectivity index (χ4v) is 3.52. The lowest BCUT2D eigenvalue weighted by molar-refractivity contribution is -0.141. The molecule has 0 saturated heterocycles. The van der Waals surface area contributed by atoms with Gasteiger partial charge in [-0.15, -0.1) is 0 Å². The number of carbonyl (C=O) groups is 3. The number of amides is 1. The van der Waals surface area contributed by atoms with Crippen LogP contribution in [0.5, 0.6) is 5.75 Å². The molecule has 1 heterocycles. The SMILES string of the molecule is Cc1c(CC(=O)NCC(C)C(=O)O)c2c(F)c(O)ccc2n1C(=O)c1cccc(Cl)c1. The number of benzene rings is 2. The molecule has 0 fully saturated rings. The molecule has 0 aliphatic rings. The summed E-state index contributed by atoms with van der Waals surface area (Å²) in [6.07, 6.45) is -0.301. The Balaban J connectivity index is 2.07. The highest BCUT2D eigenvalue weighted by atomic mass is 35.5. The molecule has 3 rings (SSSR count). The van der Waals surface area contributed by atoms with E-state index in [1.54, 1.807) is 25.1 Å². The van der Waals surface area contributed by atoms with Crippen LogP contribution in [0.3, 0.4) is 0 Å². The Morgan fingerprint density at radius 3 is 2.58 bits per heavy atom. The summed E-state index contributed by atoms with van der Waals surface area (Å²) in [5, 5.41) is 21.6. The Morgan fingerprint density at radius 1 is 1.23 bits per heavy atom. The Labute approximate surface area is 182 Å². The van der Waals surface area contributed by atoms with Crippen molar-refractivity contribution in [2.75, 3.05) is 6.54 Å². The first-order valence-corrected chi connectivity index (χ1v) is 9.80. The van der Waals surface area contributed by atoms with Gasteiger partial charge in [0.05, 0.1) is 17.9 Å². The zero-order chi connectivity index (χ0) is 22.9. The molecule has 3 N–H and O–H groups in total. The summed E-state index contributed by atoms with van der Waals surface area (Å²) >= 11 is 5.99. The third-order valence-corrected chi connectivity index (χ3v) is 5.29. The number of hydrogen-bond donors (Lipinski definition) is 3. The molecular weight excluding hydrogens is 427 g/mol. The lowest BCUT2D eigenvalue weighted by atomic mass is 10.1. The molecule has 0 bridgehead atoms. The van der Waals surface area contributed by atoms with Crippen LogP contribution in [0.2, 0.25) is 5.02 Å². The van der Waals surface area contributed by atoms with E-state index in [0.29, 0.717) is 10.7 Å². The van der Waals surface area contributed by atoms with E-state index in [0.717, 1.165) is 6.07 Å². The Bertz CT molecular complexity index is 1200. The molecule has 0 aliphatic heterocycles. The molecule has 1 aromatic heterocycles. The second-order valence-corrected chi connectivity index (χ2v) is 7.66. The maximum Gasteiger partial charge on any atom is 0.308 e. The minimum Gasteiger partial charge on any atom is -0.505 e. The van der Waals surface area contributed by atoms with Gasteiger partial charge in [-0.3, -0.25) is 19.0 Å². The summed E-state index contributed by atoms with van der Waals surface area (Å²) in [6.45, 7) is 2.92. The average molecular weight is 447 g/mol. The van der Waals surface area contributed by atoms with Crippen LogP contribution in [0, 0.1) is 18.7 Å². The Kier molecular flexibility index (Phi) is 6.31. The van der Waals surface area contributed by atoms with Gasteiger partial charge in [-0.05, 0) is 42.8 Å². The second kappa shape index (κ2) is 8.77. The van der Waals surface area contributed by atoms with Crippen LogP contribution in [-0.2, 0) is 16.0 Å². The molecule has 0 spiro atoms. The molecule has 9 heteroatoms. The molecule has 0 saturated carbocycles. The second-order valence-electron chi connectivity index (χ2n) is 7.23. The summed E-state index contributed by atoms with van der Waals surface area (Å²) < 4.78 is 16.1. The highest BCUT2D eigenvalue weighted by Gasteiger charge is 2.25. The van der Waals surface area contributed by atoms with E-state index >= 15 is 0 Å². The van der Waals surface area contributed by atoms with Gasteiger partial charge >= 0.3 is 5.97 Å². The van der Waals surface area contributed by atoms with Gasteiger partial charge in [0.15, 0.2) is 11.6 Å². The summed E-state index contributed by atoms with van der Waals surface area (Å²) in [6, 6.07) is 8.81. The molecule has 0 radical (unpaired) electrons. The first-order valence-electron chi connectivity index (χ1n) is 9.43. The smallest absolute Gasteiger partial charge is 0.308 e. The number of hydrogen-bond acceptors (Lipinski definition) is 4. The van der Waals surface area contributed by atoms with Crippen molar-refractivity contribution in [2.24, 2.45) is 5.92 Å². The molecule has 7 nitrogen and oxygen atoms in total. The van der Waals surface area contributed by atoms with Crippen LogP contribution in [0.1, 0.15) is 28.5 Å². The van der Waals surface area contributed by atoms with Crippen molar-refractivity contribution in [1.82, 2.24) is 9.88 Å². The number of aromatic hydroxyl groups is 1. The maximum absolute atomic E-state index is 14.8. The van der Waals surface area contributed by atoms with Crippen molar-refractivity contribution in [2.45, 2.75) is 20.3 Å². The summed E-state index contributed by atoms with van der Waals surface area (Å²) in [5.41, 5.74) is 1.01. The van der Waals surface area contributed by atoms with Crippen molar-refractivity contribution in [3.63, 3.8) is 0 Å². The van der Waals surface area contributed by atoms with Crippen molar-refractivity contribution < 1.29 is 29.0 Å². The number of nitrogens with one attached hydrogen (secondary N) is 1. The van der Waals surface area contributed by atoms with Gasteiger partial charge in [0.2, 0.25) is 5.91 Å². The fraction of sp³-hybridized carbons (Fsp3) is 0.227. The van der Waals surface area contributed by atoms with Crippen LogP contribution < -0.4 is 5.32 Å². The van der Waals surface area contributed by atoms with E-state index < -0.39 is 35.3 Å². The third kappa shape index (κ3) is 4.39. The number of nitrogens with zero attached hydrogens (tertiary/aromatic N) is 1. The number of carbonyl (C=O) groups excluding carboxylic acids is 2. The summed E-state index contributed by atoms with van der Waals surface area (Å²) in [7, 11) is 0. The topological polar surface area (TPSA) is 109 Å². The highest BCUT2D eigenvalue weighted by Crippen LogP contribution is 2.33. The zero-order valence-electron chi connectivity index (χ0n) is 16.8. The highest BCUT2D eigenvalue weighted by molar-refractivity contribution is 6.31. The van der Waals surface area contributed by atoms with Gasteiger partial charge in [-0.1, -0.05) is 24.6 Å². The monoisotopic (exact) mass is 446 g/mol. The number of carboxylic acid groups (broad SMARTS) is 1. The minimum absolute atomic E-state index is 0.0469. The molecule has 162 valence electrons. The summed E-state index contributed by atoms with van der Waals surface area (Å²) in [4.78, 5) is 36.5. The van der Waals surface area contributed by atoms with Crippen LogP contribution >= 0.6 is 11.6 Å². The predicted octanol–water partition coefficient (Wildman–Crippen LogP) is 3.52. The van der Waals surface area contributed by atoms with Crippen molar-refractivity contribution >= 4 is 40.3 Å². The van der Waals surface area contributed by atoms with Crippen molar-refractivity contribution in [3.05, 3.63) is 64.1 Å². The van der Waals surface area contributed by atoms with Gasteiger partial charge < -0.3 is 15.5 Å². The molecule has 1 atom stereocenters. The minimum atomic E-state index is -1.06. The summed E-state index contributed by atoms with van der Waals surface area (Å²) in [5.74, 6) is -4.41. The van der Waals surface area contributed by atoms with E-state index in [1.165, 1.54) is 23.6 Å². The predicted molar refractivity (Wildman–Crippen MR) is 113 cm³/mol. The number of phenols is 1. The number of aromatic nitrogens is 1. The van der Waals surface area contributed by atoms with E-state index in [4.69, 9.17) is 16.7 Å². The molecule has 31 heavy (non-hydrogen) atoms. The number of fused-ring (bicyclic) bond motifs is 1. The number of halogens is 2. The molecule has 1 amide bonds. The standard InChI is InChI=1S/C22H20ClFN2O5/c1-11(22(30)31)10-25-18(28)9-15-12(2)26(16-6-7-17(27)20(24)19(15)16)21(29)13-4-3-5-14(23)8-13/h3-8,11,27H,9-10H2,1-2H3,(H,25,28)(H,30,31). The number of aliphatic carboxylic acids is 1. The van der Waals surface area contributed by atoms with Gasteiger partial charge in [0, 0.05) is 28.2 Å². The molecular formula is C22H20ClFN2O5. The normalized spacial score (nSPS) is 12.0. The Hall–Kier alpha value is -3.39. The third-order valence-electron chi connectivity index (χ3n) is 5.05. The van der Waals surface area contributed by atoms with Gasteiger partial charge in [0.1, 0.15) is 0 Å². The first-order chi connectivity index (χ1) is 14.6. The van der Waals surface area contributed by atoms with Gasteiger partial charge in [0.25, 0.3) is 5.91 Å². The fourth-order valence-electron chi connectivity index (χ4n) is 3.33. The zero-order valence-corrected chi connectivity index (χ0v) is 17.5. The largest absolute Gasteiger partial charge is 0.505 e. The quantitative estimate of drug-likeness (QED) is 0.537. The van der Waals surface area contributed by atoms with Gasteiger partial charge in [-0.25, -0.2) is 4.39 Å². The van der Waals surface area contributed by atoms with E-state index in [1.807, 2.05) is 0 Å². The Morgan fingerprint density at radius 2 is 1.94 bits per heavy atom. The van der Waals surface area contributed by atoms with Crippen LogP contribution in [0.25, 0.3) is 10.9 Å².